The highest BCUT2D eigenvalue weighted by atomic mass is 16.5. The summed E-state index contributed by atoms with van der Waals surface area (Å²) in [7, 11) is 1.44. The van der Waals surface area contributed by atoms with E-state index in [1.807, 2.05) is 32.9 Å². The number of carbonyl (C=O) groups excluding carboxylic acids is 1. The molecular formula is C15H22O3. The molecule has 3 nitrogen and oxygen atoms in total. The number of carbonyl (C=O) groups is 1. The normalized spacial score (nSPS) is 12.0. The van der Waals surface area contributed by atoms with E-state index in [1.165, 1.54) is 7.11 Å². The number of rotatable bonds is 6. The summed E-state index contributed by atoms with van der Waals surface area (Å²) in [6.45, 7) is 6.66. The molecule has 0 radical (unpaired) electrons. The lowest BCUT2D eigenvalue weighted by molar-refractivity contribution is -0.145. The van der Waals surface area contributed by atoms with Gasteiger partial charge in [0.05, 0.1) is 19.6 Å². The zero-order chi connectivity index (χ0) is 13.5. The molecule has 1 unspecified atom stereocenters. The van der Waals surface area contributed by atoms with Crippen molar-refractivity contribution in [2.24, 2.45) is 5.92 Å². The van der Waals surface area contributed by atoms with Gasteiger partial charge in [0, 0.05) is 0 Å². The van der Waals surface area contributed by atoms with Gasteiger partial charge in [-0.05, 0) is 43.9 Å². The minimum atomic E-state index is -0.135. The van der Waals surface area contributed by atoms with E-state index in [2.05, 4.69) is 6.07 Å². The molecule has 100 valence electrons. The minimum absolute atomic E-state index is 0.0626. The molecule has 1 aromatic rings. The van der Waals surface area contributed by atoms with Crippen LogP contribution < -0.4 is 4.74 Å². The fourth-order valence-corrected chi connectivity index (χ4v) is 2.00. The van der Waals surface area contributed by atoms with E-state index in [9.17, 15) is 4.79 Å². The van der Waals surface area contributed by atoms with Crippen molar-refractivity contribution in [1.82, 2.24) is 0 Å². The van der Waals surface area contributed by atoms with Crippen LogP contribution in [0.1, 0.15) is 31.4 Å². The third-order valence-electron chi connectivity index (χ3n) is 3.05. The second kappa shape index (κ2) is 7.04. The molecule has 0 fully saturated rings. The second-order valence-electron chi connectivity index (χ2n) is 4.37. The quantitative estimate of drug-likeness (QED) is 0.728. The summed E-state index contributed by atoms with van der Waals surface area (Å²) < 4.78 is 10.3. The largest absolute Gasteiger partial charge is 0.494 e. The van der Waals surface area contributed by atoms with Crippen LogP contribution in [0.15, 0.2) is 18.2 Å². The highest BCUT2D eigenvalue weighted by Crippen LogP contribution is 2.22. The summed E-state index contributed by atoms with van der Waals surface area (Å²) in [5.41, 5.74) is 2.25. The molecule has 0 aromatic heterocycles. The van der Waals surface area contributed by atoms with Gasteiger partial charge in [0.1, 0.15) is 5.75 Å². The molecule has 1 aromatic carbocycles. The molecule has 0 amide bonds. The molecule has 0 aliphatic heterocycles. The smallest absolute Gasteiger partial charge is 0.308 e. The Morgan fingerprint density at radius 3 is 2.56 bits per heavy atom. The van der Waals surface area contributed by atoms with Crippen LogP contribution in [-0.4, -0.2) is 19.7 Å². The van der Waals surface area contributed by atoms with Gasteiger partial charge in [0.15, 0.2) is 0 Å². The van der Waals surface area contributed by atoms with Crippen molar-refractivity contribution in [3.63, 3.8) is 0 Å². The lowest BCUT2D eigenvalue weighted by Crippen LogP contribution is -2.17. The number of esters is 1. The van der Waals surface area contributed by atoms with Gasteiger partial charge in [-0.1, -0.05) is 19.1 Å². The number of hydrogen-bond donors (Lipinski definition) is 0. The highest BCUT2D eigenvalue weighted by Gasteiger charge is 2.17. The molecule has 0 heterocycles. The van der Waals surface area contributed by atoms with Crippen LogP contribution in [0.4, 0.5) is 0 Å². The summed E-state index contributed by atoms with van der Waals surface area (Å²) in [5.74, 6) is 0.712. The zero-order valence-electron chi connectivity index (χ0n) is 11.7. The predicted octanol–water partition coefficient (Wildman–Crippen LogP) is 3.14. The summed E-state index contributed by atoms with van der Waals surface area (Å²) in [6, 6.07) is 6.07. The van der Waals surface area contributed by atoms with Crippen molar-refractivity contribution in [2.45, 2.75) is 33.6 Å². The standard InChI is InChI=1S/C15H22O3/c1-5-13(15(16)17-4)10-12-7-8-14(18-6-2)11(3)9-12/h7-9,13H,5-6,10H2,1-4H3. The first-order valence-electron chi connectivity index (χ1n) is 6.42. The zero-order valence-corrected chi connectivity index (χ0v) is 11.7. The molecule has 0 saturated carbocycles. The molecule has 1 atom stereocenters. The van der Waals surface area contributed by atoms with Gasteiger partial charge in [-0.3, -0.25) is 4.79 Å². The average Bonchev–Trinajstić information content (AvgIpc) is 2.38. The fraction of sp³-hybridized carbons (Fsp3) is 0.533. The first-order valence-corrected chi connectivity index (χ1v) is 6.42. The summed E-state index contributed by atoms with van der Waals surface area (Å²) in [6.07, 6.45) is 1.51. The Labute approximate surface area is 109 Å². The van der Waals surface area contributed by atoms with Crippen molar-refractivity contribution in [3.05, 3.63) is 29.3 Å². The third-order valence-corrected chi connectivity index (χ3v) is 3.05. The third kappa shape index (κ3) is 3.76. The van der Waals surface area contributed by atoms with Gasteiger partial charge in [-0.2, -0.15) is 0 Å². The maximum absolute atomic E-state index is 11.6. The van der Waals surface area contributed by atoms with Crippen molar-refractivity contribution in [2.75, 3.05) is 13.7 Å². The van der Waals surface area contributed by atoms with Crippen LogP contribution in [0.25, 0.3) is 0 Å². The Bertz CT molecular complexity index is 399. The monoisotopic (exact) mass is 250 g/mol. The van der Waals surface area contributed by atoms with Crippen molar-refractivity contribution < 1.29 is 14.3 Å². The number of ether oxygens (including phenoxy) is 2. The number of benzene rings is 1. The molecule has 0 saturated heterocycles. The molecule has 0 spiro atoms. The van der Waals surface area contributed by atoms with Crippen LogP contribution in [0.5, 0.6) is 5.75 Å². The predicted molar refractivity (Wildman–Crippen MR) is 71.8 cm³/mol. The maximum atomic E-state index is 11.6. The lowest BCUT2D eigenvalue weighted by atomic mass is 9.96. The van der Waals surface area contributed by atoms with E-state index in [-0.39, 0.29) is 11.9 Å². The first kappa shape index (κ1) is 14.6. The van der Waals surface area contributed by atoms with Gasteiger partial charge >= 0.3 is 5.97 Å². The Kier molecular flexibility index (Phi) is 5.69. The molecular weight excluding hydrogens is 228 g/mol. The molecule has 18 heavy (non-hydrogen) atoms. The van der Waals surface area contributed by atoms with Gasteiger partial charge in [-0.25, -0.2) is 0 Å². The van der Waals surface area contributed by atoms with Crippen molar-refractivity contribution in [1.29, 1.82) is 0 Å². The number of aryl methyl sites for hydroxylation is 1. The molecule has 0 aliphatic rings. The fourth-order valence-electron chi connectivity index (χ4n) is 2.00. The van der Waals surface area contributed by atoms with E-state index in [1.54, 1.807) is 0 Å². The minimum Gasteiger partial charge on any atom is -0.494 e. The van der Waals surface area contributed by atoms with E-state index < -0.39 is 0 Å². The van der Waals surface area contributed by atoms with Gasteiger partial charge in [-0.15, -0.1) is 0 Å². The summed E-state index contributed by atoms with van der Waals surface area (Å²) in [5, 5.41) is 0. The highest BCUT2D eigenvalue weighted by molar-refractivity contribution is 5.72. The molecule has 0 bridgehead atoms. The van der Waals surface area contributed by atoms with Crippen molar-refractivity contribution >= 4 is 5.97 Å². The van der Waals surface area contributed by atoms with Crippen LogP contribution >= 0.6 is 0 Å². The summed E-state index contributed by atoms with van der Waals surface area (Å²) in [4.78, 5) is 11.6. The number of methoxy groups -OCH3 is 1. The lowest BCUT2D eigenvalue weighted by Gasteiger charge is -2.14. The van der Waals surface area contributed by atoms with Gasteiger partial charge < -0.3 is 9.47 Å². The van der Waals surface area contributed by atoms with E-state index in [4.69, 9.17) is 9.47 Å². The molecule has 0 N–H and O–H groups in total. The average molecular weight is 250 g/mol. The van der Waals surface area contributed by atoms with Gasteiger partial charge in [0.2, 0.25) is 0 Å². The van der Waals surface area contributed by atoms with Crippen LogP contribution in [-0.2, 0) is 16.0 Å². The molecule has 3 heteroatoms. The van der Waals surface area contributed by atoms with Crippen molar-refractivity contribution in [3.8, 4) is 5.75 Å². The van der Waals surface area contributed by atoms with Crippen LogP contribution in [0.3, 0.4) is 0 Å². The molecule has 0 aliphatic carbocycles. The Hall–Kier alpha value is -1.51. The summed E-state index contributed by atoms with van der Waals surface area (Å²) >= 11 is 0. The van der Waals surface area contributed by atoms with Gasteiger partial charge in [0.25, 0.3) is 0 Å². The van der Waals surface area contributed by atoms with E-state index in [0.717, 1.165) is 29.7 Å². The Morgan fingerprint density at radius 2 is 2.06 bits per heavy atom. The van der Waals surface area contributed by atoms with Crippen LogP contribution in [0, 0.1) is 12.8 Å². The first-order chi connectivity index (χ1) is 8.62. The second-order valence-corrected chi connectivity index (χ2v) is 4.37. The number of hydrogen-bond acceptors (Lipinski definition) is 3. The van der Waals surface area contributed by atoms with E-state index >= 15 is 0 Å². The maximum Gasteiger partial charge on any atom is 0.308 e. The Morgan fingerprint density at radius 1 is 1.33 bits per heavy atom. The van der Waals surface area contributed by atoms with Crippen LogP contribution in [0.2, 0.25) is 0 Å². The Balaban J connectivity index is 2.78. The van der Waals surface area contributed by atoms with E-state index in [0.29, 0.717) is 6.61 Å². The SMILES string of the molecule is CCOc1ccc(CC(CC)C(=O)OC)cc1C. The molecule has 1 rings (SSSR count). The topological polar surface area (TPSA) is 35.5 Å².